The molecule has 0 aromatic carbocycles. The fourth-order valence-corrected chi connectivity index (χ4v) is 9.90. The second-order valence-electron chi connectivity index (χ2n) is 15.3. The first-order valence-electron chi connectivity index (χ1n) is 19.6. The molecular formula is C38H68N4O6S. The molecule has 0 aromatic rings. The van der Waals surface area contributed by atoms with Crippen molar-refractivity contribution in [1.82, 2.24) is 20.1 Å². The summed E-state index contributed by atoms with van der Waals surface area (Å²) in [5, 5.41) is 26.7. The number of aliphatic hydroxyl groups is 2. The summed E-state index contributed by atoms with van der Waals surface area (Å²) in [6.45, 7) is 9.91. The summed E-state index contributed by atoms with van der Waals surface area (Å²) >= 11 is 0. The fraction of sp³-hybridized carbons (Fsp3) is 0.895. The predicted octanol–water partition coefficient (Wildman–Crippen LogP) is 4.99. The lowest BCUT2D eigenvalue weighted by molar-refractivity contribution is -0.139. The van der Waals surface area contributed by atoms with Crippen molar-refractivity contribution in [3.8, 4) is 11.8 Å². The first-order valence-corrected chi connectivity index (χ1v) is 21.3. The second-order valence-corrected chi connectivity index (χ2v) is 17.0. The van der Waals surface area contributed by atoms with Gasteiger partial charge in [0.15, 0.2) is 0 Å². The van der Waals surface area contributed by atoms with E-state index in [1.807, 2.05) is 11.8 Å². The van der Waals surface area contributed by atoms with Crippen molar-refractivity contribution in [3.05, 3.63) is 0 Å². The molecule has 0 aliphatic heterocycles. The summed E-state index contributed by atoms with van der Waals surface area (Å²) in [5.41, 5.74) is 0. The summed E-state index contributed by atoms with van der Waals surface area (Å²) in [6.07, 6.45) is 12.5. The SMILES string of the molecule is CC#CC1CC(C(=O)NC(CC2CCC(O)CC2)C(O)CN(CCCC)NS(=O)(=O)CC2CCCCC2)CC(C(=O)N(CCC)CCC)C1. The molecule has 3 saturated carbocycles. The maximum absolute atomic E-state index is 14.1. The van der Waals surface area contributed by atoms with Crippen molar-refractivity contribution in [2.24, 2.45) is 29.6 Å². The summed E-state index contributed by atoms with van der Waals surface area (Å²) in [5.74, 6) is 5.92. The maximum Gasteiger partial charge on any atom is 0.225 e. The van der Waals surface area contributed by atoms with Crippen LogP contribution in [0.15, 0.2) is 0 Å². The van der Waals surface area contributed by atoms with Gasteiger partial charge in [-0.1, -0.05) is 46.5 Å². The number of unbranched alkanes of at least 4 members (excludes halogenated alkanes) is 1. The highest BCUT2D eigenvalue weighted by atomic mass is 32.2. The first kappa shape index (κ1) is 41.7. The summed E-state index contributed by atoms with van der Waals surface area (Å²) in [7, 11) is -3.60. The minimum atomic E-state index is -3.60. The Kier molecular flexibility index (Phi) is 18.4. The number of hydrazine groups is 1. The lowest BCUT2D eigenvalue weighted by atomic mass is 9.74. The molecular weight excluding hydrogens is 641 g/mol. The number of carbonyl (C=O) groups is 2. The Labute approximate surface area is 297 Å². The molecule has 3 aliphatic carbocycles. The van der Waals surface area contributed by atoms with Gasteiger partial charge in [-0.05, 0) is 102 Å². The second kappa shape index (κ2) is 21.6. The number of hydrogen-bond acceptors (Lipinski definition) is 7. The zero-order valence-corrected chi connectivity index (χ0v) is 31.8. The predicted molar refractivity (Wildman–Crippen MR) is 195 cm³/mol. The van der Waals surface area contributed by atoms with Gasteiger partial charge in [-0.3, -0.25) is 9.59 Å². The van der Waals surface area contributed by atoms with E-state index in [0.29, 0.717) is 58.2 Å². The molecule has 5 atom stereocenters. The van der Waals surface area contributed by atoms with E-state index in [9.17, 15) is 28.2 Å². The molecule has 0 saturated heterocycles. The molecule has 0 aromatic heterocycles. The third kappa shape index (κ3) is 14.4. The Bertz CT molecular complexity index is 1150. The Morgan fingerprint density at radius 1 is 0.857 bits per heavy atom. The van der Waals surface area contributed by atoms with Gasteiger partial charge in [0.2, 0.25) is 21.8 Å². The van der Waals surface area contributed by atoms with Crippen LogP contribution in [-0.2, 0) is 19.6 Å². The number of nitrogens with zero attached hydrogens (tertiary/aromatic N) is 2. The van der Waals surface area contributed by atoms with Crippen LogP contribution < -0.4 is 10.1 Å². The van der Waals surface area contributed by atoms with E-state index in [-0.39, 0.29) is 53.9 Å². The molecule has 3 aliphatic rings. The van der Waals surface area contributed by atoms with Crippen molar-refractivity contribution in [3.63, 3.8) is 0 Å². The van der Waals surface area contributed by atoms with Crippen LogP contribution in [0, 0.1) is 41.4 Å². The molecule has 0 radical (unpaired) electrons. The minimum absolute atomic E-state index is 0.0557. The molecule has 2 amide bonds. The van der Waals surface area contributed by atoms with Crippen LogP contribution in [0.4, 0.5) is 0 Å². The van der Waals surface area contributed by atoms with Gasteiger partial charge in [-0.15, -0.1) is 16.7 Å². The van der Waals surface area contributed by atoms with Crippen LogP contribution in [0.1, 0.15) is 137 Å². The van der Waals surface area contributed by atoms with Gasteiger partial charge in [0, 0.05) is 43.9 Å². The van der Waals surface area contributed by atoms with Crippen molar-refractivity contribution in [2.45, 2.75) is 155 Å². The summed E-state index contributed by atoms with van der Waals surface area (Å²) < 4.78 is 26.6. The van der Waals surface area contributed by atoms with Gasteiger partial charge >= 0.3 is 0 Å². The van der Waals surface area contributed by atoms with Crippen LogP contribution in [0.25, 0.3) is 0 Å². The molecule has 11 heteroatoms. The third-order valence-corrected chi connectivity index (χ3v) is 12.4. The van der Waals surface area contributed by atoms with E-state index in [1.165, 1.54) is 0 Å². The molecule has 10 nitrogen and oxygen atoms in total. The van der Waals surface area contributed by atoms with Crippen molar-refractivity contribution < 1.29 is 28.2 Å². The van der Waals surface area contributed by atoms with Crippen molar-refractivity contribution in [1.29, 1.82) is 0 Å². The smallest absolute Gasteiger partial charge is 0.225 e. The average Bonchev–Trinajstić information content (AvgIpc) is 3.07. The molecule has 49 heavy (non-hydrogen) atoms. The van der Waals surface area contributed by atoms with Gasteiger partial charge in [0.05, 0.1) is 24.0 Å². The highest BCUT2D eigenvalue weighted by Crippen LogP contribution is 2.35. The molecule has 0 bridgehead atoms. The van der Waals surface area contributed by atoms with Crippen LogP contribution in [0.5, 0.6) is 0 Å². The van der Waals surface area contributed by atoms with E-state index in [2.05, 4.69) is 35.8 Å². The van der Waals surface area contributed by atoms with Crippen LogP contribution in [0.2, 0.25) is 0 Å². The van der Waals surface area contributed by atoms with E-state index in [1.54, 1.807) is 11.9 Å². The van der Waals surface area contributed by atoms with Crippen LogP contribution in [-0.4, -0.2) is 90.5 Å². The molecule has 282 valence electrons. The van der Waals surface area contributed by atoms with E-state index < -0.39 is 28.1 Å². The van der Waals surface area contributed by atoms with E-state index >= 15 is 0 Å². The van der Waals surface area contributed by atoms with Crippen LogP contribution >= 0.6 is 0 Å². The fourth-order valence-electron chi connectivity index (χ4n) is 8.31. The zero-order valence-electron chi connectivity index (χ0n) is 31.0. The lowest BCUT2D eigenvalue weighted by Crippen LogP contribution is -2.55. The van der Waals surface area contributed by atoms with E-state index in [0.717, 1.165) is 70.6 Å². The third-order valence-electron chi connectivity index (χ3n) is 10.9. The number of nitrogens with one attached hydrogen (secondary N) is 2. The summed E-state index contributed by atoms with van der Waals surface area (Å²) in [6, 6.07) is -0.594. The highest BCUT2D eigenvalue weighted by Gasteiger charge is 2.39. The van der Waals surface area contributed by atoms with Gasteiger partial charge in [0.1, 0.15) is 0 Å². The number of sulfonamides is 1. The molecule has 0 spiro atoms. The first-order chi connectivity index (χ1) is 23.5. The molecule has 5 unspecified atom stereocenters. The number of hydrogen-bond donors (Lipinski definition) is 4. The Morgan fingerprint density at radius 2 is 1.51 bits per heavy atom. The van der Waals surface area contributed by atoms with Crippen molar-refractivity contribution in [2.75, 3.05) is 31.9 Å². The number of amides is 2. The standard InChI is InChI=1S/C38H68N4O6S/c1-5-9-22-42(40-49(47,48)28-30-14-11-10-12-15-30)27-36(44)35(25-29-16-18-34(43)19-17-29)39-37(45)32-23-31(13-6-2)24-33(26-32)38(46)41(20-7-3)21-8-4/h29-36,40,43-44H,5,7-12,14-28H2,1-4H3,(H,39,45). The maximum atomic E-state index is 14.1. The minimum Gasteiger partial charge on any atom is -0.393 e. The van der Waals surface area contributed by atoms with Gasteiger partial charge in [0.25, 0.3) is 0 Å². The Balaban J connectivity index is 1.77. The molecule has 0 heterocycles. The zero-order chi connectivity index (χ0) is 35.8. The van der Waals surface area contributed by atoms with Gasteiger partial charge in [-0.2, -0.15) is 0 Å². The Morgan fingerprint density at radius 3 is 2.12 bits per heavy atom. The summed E-state index contributed by atoms with van der Waals surface area (Å²) in [4.78, 5) is 32.5. The largest absolute Gasteiger partial charge is 0.393 e. The van der Waals surface area contributed by atoms with E-state index in [4.69, 9.17) is 0 Å². The quantitative estimate of drug-likeness (QED) is 0.110. The average molecular weight is 709 g/mol. The Hall–Kier alpha value is -1.71. The van der Waals surface area contributed by atoms with Crippen LogP contribution in [0.3, 0.4) is 0 Å². The number of carbonyl (C=O) groups excluding carboxylic acids is 2. The highest BCUT2D eigenvalue weighted by molar-refractivity contribution is 7.89. The normalized spacial score (nSPS) is 26.4. The van der Waals surface area contributed by atoms with Gasteiger partial charge < -0.3 is 20.4 Å². The lowest BCUT2D eigenvalue weighted by Gasteiger charge is -2.37. The van der Waals surface area contributed by atoms with Crippen molar-refractivity contribution >= 4 is 21.8 Å². The number of aliphatic hydroxyl groups excluding tert-OH is 2. The number of rotatable bonds is 19. The molecule has 4 N–H and O–H groups in total. The topological polar surface area (TPSA) is 139 Å². The van der Waals surface area contributed by atoms with Gasteiger partial charge in [-0.25, -0.2) is 13.4 Å². The molecule has 3 fully saturated rings. The molecule has 3 rings (SSSR count). The monoisotopic (exact) mass is 708 g/mol.